The predicted octanol–water partition coefficient (Wildman–Crippen LogP) is 4.13. The van der Waals surface area contributed by atoms with Gasteiger partial charge in [-0.1, -0.05) is 32.9 Å². The normalized spacial score (nSPS) is 11.2. The van der Waals surface area contributed by atoms with Crippen LogP contribution in [0.4, 0.5) is 0 Å². The van der Waals surface area contributed by atoms with Crippen LogP contribution in [0.25, 0.3) is 0 Å². The highest BCUT2D eigenvalue weighted by atomic mass is 16.1. The first-order chi connectivity index (χ1) is 8.75. The van der Waals surface area contributed by atoms with Gasteiger partial charge in [-0.05, 0) is 41.5 Å². The molecular weight excluding hydrogens is 232 g/mol. The summed E-state index contributed by atoms with van der Waals surface area (Å²) in [5.41, 5.74) is 5.04. The number of carbonyl (C=O) groups is 1. The first-order valence-corrected chi connectivity index (χ1v) is 6.81. The molecule has 0 unspecified atom stereocenters. The molecule has 1 nitrogen and oxygen atoms in total. The van der Waals surface area contributed by atoms with Gasteiger partial charge in [0, 0.05) is 19.3 Å². The highest BCUT2D eigenvalue weighted by Gasteiger charge is 2.17. The van der Waals surface area contributed by atoms with E-state index in [1.807, 2.05) is 0 Å². The van der Waals surface area contributed by atoms with E-state index in [1.165, 1.54) is 16.7 Å². The monoisotopic (exact) mass is 256 g/mol. The number of carbonyl (C=O) groups excluding carboxylic acids is 1. The summed E-state index contributed by atoms with van der Waals surface area (Å²) in [6, 6.07) is 4.41. The van der Waals surface area contributed by atoms with E-state index in [-0.39, 0.29) is 11.2 Å². The number of benzene rings is 1. The van der Waals surface area contributed by atoms with Crippen molar-refractivity contribution in [2.45, 2.75) is 59.3 Å². The van der Waals surface area contributed by atoms with E-state index >= 15 is 0 Å². The maximum atomic E-state index is 11.9. The van der Waals surface area contributed by atoms with Crippen molar-refractivity contribution < 1.29 is 4.79 Å². The van der Waals surface area contributed by atoms with Gasteiger partial charge in [0.05, 0.1) is 0 Å². The van der Waals surface area contributed by atoms with Gasteiger partial charge < -0.3 is 0 Å². The van der Waals surface area contributed by atoms with Crippen LogP contribution in [0.15, 0.2) is 12.1 Å². The lowest BCUT2D eigenvalue weighted by molar-refractivity contribution is -0.118. The Morgan fingerprint density at radius 1 is 1.21 bits per heavy atom. The molecule has 19 heavy (non-hydrogen) atoms. The fourth-order valence-electron chi connectivity index (χ4n) is 2.20. The smallest absolute Gasteiger partial charge is 0.138 e. The first kappa shape index (κ1) is 15.5. The number of hydrogen-bond acceptors (Lipinski definition) is 1. The van der Waals surface area contributed by atoms with Crippen LogP contribution in [0.5, 0.6) is 0 Å². The minimum atomic E-state index is 0.140. The van der Waals surface area contributed by atoms with Gasteiger partial charge in [0.15, 0.2) is 0 Å². The summed E-state index contributed by atoms with van der Waals surface area (Å²) in [7, 11) is 0. The van der Waals surface area contributed by atoms with Gasteiger partial charge >= 0.3 is 0 Å². The van der Waals surface area contributed by atoms with E-state index in [9.17, 15) is 4.79 Å². The molecule has 1 aromatic carbocycles. The van der Waals surface area contributed by atoms with Crippen molar-refractivity contribution in [2.24, 2.45) is 0 Å². The lowest BCUT2D eigenvalue weighted by Gasteiger charge is -2.22. The molecule has 0 saturated carbocycles. The topological polar surface area (TPSA) is 17.1 Å². The summed E-state index contributed by atoms with van der Waals surface area (Å²) < 4.78 is 0. The molecule has 0 fully saturated rings. The molecule has 0 N–H and O–H groups in total. The van der Waals surface area contributed by atoms with Crippen molar-refractivity contribution in [1.82, 2.24) is 0 Å². The van der Waals surface area contributed by atoms with Gasteiger partial charge in [-0.3, -0.25) is 4.79 Å². The van der Waals surface area contributed by atoms with Gasteiger partial charge in [0.25, 0.3) is 0 Å². The summed E-state index contributed by atoms with van der Waals surface area (Å²) in [5, 5.41) is 0. The third kappa shape index (κ3) is 4.24. The third-order valence-corrected chi connectivity index (χ3v) is 3.48. The van der Waals surface area contributed by atoms with Crippen LogP contribution in [0, 0.1) is 26.2 Å². The van der Waals surface area contributed by atoms with E-state index in [4.69, 9.17) is 6.42 Å². The Morgan fingerprint density at radius 3 is 2.16 bits per heavy atom. The molecule has 102 valence electrons. The Morgan fingerprint density at radius 2 is 1.74 bits per heavy atom. The highest BCUT2D eigenvalue weighted by Crippen LogP contribution is 2.27. The largest absolute Gasteiger partial charge is 0.299 e. The predicted molar refractivity (Wildman–Crippen MR) is 81.4 cm³/mol. The van der Waals surface area contributed by atoms with Crippen LogP contribution < -0.4 is 0 Å². The summed E-state index contributed by atoms with van der Waals surface area (Å²) in [5.74, 6) is 2.75. The zero-order chi connectivity index (χ0) is 14.6. The number of rotatable bonds is 4. The minimum absolute atomic E-state index is 0.140. The van der Waals surface area contributed by atoms with Crippen molar-refractivity contribution in [2.75, 3.05) is 0 Å². The molecule has 0 radical (unpaired) electrons. The second kappa shape index (κ2) is 6.06. The second-order valence-electron chi connectivity index (χ2n) is 6.26. The Kier molecular flexibility index (Phi) is 4.95. The molecule has 0 aliphatic heterocycles. The molecule has 0 aliphatic rings. The molecule has 1 heteroatoms. The quantitative estimate of drug-likeness (QED) is 0.740. The van der Waals surface area contributed by atoms with Crippen LogP contribution in [0.1, 0.15) is 55.9 Å². The summed E-state index contributed by atoms with van der Waals surface area (Å²) >= 11 is 0. The van der Waals surface area contributed by atoms with Crippen molar-refractivity contribution in [3.8, 4) is 12.3 Å². The molecule has 1 aromatic rings. The number of Topliss-reactive ketones (excluding diaryl/α,β-unsaturated/α-hetero) is 1. The molecule has 0 amide bonds. The zero-order valence-electron chi connectivity index (χ0n) is 12.8. The summed E-state index contributed by atoms with van der Waals surface area (Å²) in [6.07, 6.45) is 6.72. The molecule has 0 aromatic heterocycles. The lowest BCUT2D eigenvalue weighted by atomic mass is 9.83. The number of terminal acetylenes is 1. The van der Waals surface area contributed by atoms with Gasteiger partial charge in [0.2, 0.25) is 0 Å². The molecule has 0 heterocycles. The van der Waals surface area contributed by atoms with Gasteiger partial charge in [-0.2, -0.15) is 0 Å². The van der Waals surface area contributed by atoms with Crippen LogP contribution >= 0.6 is 0 Å². The Labute approximate surface area is 117 Å². The van der Waals surface area contributed by atoms with E-state index in [1.54, 1.807) is 0 Å². The van der Waals surface area contributed by atoms with E-state index < -0.39 is 0 Å². The van der Waals surface area contributed by atoms with Gasteiger partial charge in [-0.15, -0.1) is 12.3 Å². The average molecular weight is 256 g/mol. The minimum Gasteiger partial charge on any atom is -0.299 e. The van der Waals surface area contributed by atoms with Crippen LogP contribution in [0.2, 0.25) is 0 Å². The van der Waals surface area contributed by atoms with Crippen molar-refractivity contribution >= 4 is 5.78 Å². The lowest BCUT2D eigenvalue weighted by Crippen LogP contribution is -2.13. The van der Waals surface area contributed by atoms with Crippen molar-refractivity contribution in [1.29, 1.82) is 0 Å². The third-order valence-electron chi connectivity index (χ3n) is 3.48. The van der Waals surface area contributed by atoms with Crippen molar-refractivity contribution in [3.63, 3.8) is 0 Å². The Hall–Kier alpha value is -1.55. The first-order valence-electron chi connectivity index (χ1n) is 6.81. The highest BCUT2D eigenvalue weighted by molar-refractivity contribution is 5.81. The Balaban J connectivity index is 2.99. The molecule has 0 saturated heterocycles. The zero-order valence-corrected chi connectivity index (χ0v) is 12.8. The van der Waals surface area contributed by atoms with E-state index in [2.05, 4.69) is 52.7 Å². The number of aryl methyl sites for hydroxylation is 2. The molecule has 0 bridgehead atoms. The fourth-order valence-corrected chi connectivity index (χ4v) is 2.20. The molecule has 1 rings (SSSR count). The molecule has 0 aliphatic carbocycles. The summed E-state index contributed by atoms with van der Waals surface area (Å²) in [4.78, 5) is 11.9. The van der Waals surface area contributed by atoms with Crippen LogP contribution in [0.3, 0.4) is 0 Å². The Bertz CT molecular complexity index is 486. The number of ketones is 1. The molecule has 0 spiro atoms. The van der Waals surface area contributed by atoms with Crippen molar-refractivity contribution in [3.05, 3.63) is 34.4 Å². The van der Waals surface area contributed by atoms with Crippen LogP contribution in [-0.4, -0.2) is 5.78 Å². The SMILES string of the molecule is C#CCCC(=O)Cc1c(C)cc(C(C)(C)C)cc1C. The van der Waals surface area contributed by atoms with E-state index in [0.29, 0.717) is 19.3 Å². The standard InChI is InChI=1S/C18H24O/c1-7-8-9-16(19)12-17-13(2)10-15(11-14(17)3)18(4,5)6/h1,10-11H,8-9,12H2,2-6H3. The maximum absolute atomic E-state index is 11.9. The van der Waals surface area contributed by atoms with Crippen LogP contribution in [-0.2, 0) is 16.6 Å². The van der Waals surface area contributed by atoms with E-state index in [0.717, 1.165) is 5.56 Å². The molecular formula is C18H24O. The molecule has 0 atom stereocenters. The maximum Gasteiger partial charge on any atom is 0.138 e. The number of hydrogen-bond donors (Lipinski definition) is 0. The van der Waals surface area contributed by atoms with Gasteiger partial charge in [0.1, 0.15) is 5.78 Å². The average Bonchev–Trinajstić information content (AvgIpc) is 2.29. The summed E-state index contributed by atoms with van der Waals surface area (Å²) in [6.45, 7) is 10.8. The fraction of sp³-hybridized carbons (Fsp3) is 0.500. The second-order valence-corrected chi connectivity index (χ2v) is 6.26. The van der Waals surface area contributed by atoms with Gasteiger partial charge in [-0.25, -0.2) is 0 Å².